The lowest BCUT2D eigenvalue weighted by Crippen LogP contribution is -2.17. The van der Waals surface area contributed by atoms with Crippen LogP contribution in [0.1, 0.15) is 41.5 Å². The molecule has 0 aromatic carbocycles. The van der Waals surface area contributed by atoms with Crippen LogP contribution in [0.5, 0.6) is 0 Å². The van der Waals surface area contributed by atoms with Crippen LogP contribution in [-0.4, -0.2) is 6.17 Å². The van der Waals surface area contributed by atoms with E-state index in [1.807, 2.05) is 34.6 Å². The molecule has 0 fully saturated rings. The molecule has 0 aliphatic carbocycles. The Labute approximate surface area is 58.5 Å². The average molecular weight is 134 g/mol. The smallest absolute Gasteiger partial charge is 0.102 e. The maximum absolute atomic E-state index is 12.2. The van der Waals surface area contributed by atoms with Gasteiger partial charge in [-0.05, 0) is 12.3 Å². The summed E-state index contributed by atoms with van der Waals surface area (Å²) in [6.45, 7) is 11.2. The standard InChI is InChI=1S/C6H13F.C2H6/c1-5(7)6(2,3)4;1-2/h5H,1-4H3;1-2H3/t5-;/m0./s1. The summed E-state index contributed by atoms with van der Waals surface area (Å²) in [7, 11) is 0. The van der Waals surface area contributed by atoms with Crippen molar-refractivity contribution in [3.63, 3.8) is 0 Å². The Morgan fingerprint density at radius 2 is 1.22 bits per heavy atom. The minimum absolute atomic E-state index is 0.167. The highest BCUT2D eigenvalue weighted by Gasteiger charge is 2.17. The van der Waals surface area contributed by atoms with Crippen LogP contribution in [0, 0.1) is 5.41 Å². The molecule has 1 heteroatoms. The van der Waals surface area contributed by atoms with Crippen LogP contribution >= 0.6 is 0 Å². The third-order valence-electron chi connectivity index (χ3n) is 1.19. The van der Waals surface area contributed by atoms with Crippen LogP contribution in [0.3, 0.4) is 0 Å². The van der Waals surface area contributed by atoms with Crippen molar-refractivity contribution in [2.24, 2.45) is 5.41 Å². The second-order valence-corrected chi connectivity index (χ2v) is 2.98. The minimum atomic E-state index is -0.701. The molecule has 0 nitrogen and oxygen atoms in total. The highest BCUT2D eigenvalue weighted by Crippen LogP contribution is 2.20. The van der Waals surface area contributed by atoms with Gasteiger partial charge in [0.15, 0.2) is 0 Å². The topological polar surface area (TPSA) is 0 Å². The van der Waals surface area contributed by atoms with Gasteiger partial charge in [0.1, 0.15) is 6.17 Å². The molecule has 0 heterocycles. The first-order valence-electron chi connectivity index (χ1n) is 3.58. The Kier molecular flexibility index (Phi) is 6.20. The predicted molar refractivity (Wildman–Crippen MR) is 41.4 cm³/mol. The van der Waals surface area contributed by atoms with Gasteiger partial charge in [0.05, 0.1) is 0 Å². The zero-order chi connectivity index (χ0) is 8.08. The maximum Gasteiger partial charge on any atom is 0.102 e. The summed E-state index contributed by atoms with van der Waals surface area (Å²) in [5.74, 6) is 0. The quantitative estimate of drug-likeness (QED) is 0.476. The zero-order valence-electron chi connectivity index (χ0n) is 7.46. The molecular formula is C8H19F. The van der Waals surface area contributed by atoms with Gasteiger partial charge in [0.25, 0.3) is 0 Å². The van der Waals surface area contributed by atoms with E-state index in [4.69, 9.17) is 0 Å². The van der Waals surface area contributed by atoms with Crippen molar-refractivity contribution < 1.29 is 4.39 Å². The molecule has 0 unspecified atom stereocenters. The van der Waals surface area contributed by atoms with Gasteiger partial charge >= 0.3 is 0 Å². The Balaban J connectivity index is 0. The normalized spacial score (nSPS) is 13.7. The molecule has 0 spiro atoms. The van der Waals surface area contributed by atoms with E-state index in [2.05, 4.69) is 0 Å². The van der Waals surface area contributed by atoms with Gasteiger partial charge in [-0.2, -0.15) is 0 Å². The second kappa shape index (κ2) is 4.78. The highest BCUT2D eigenvalue weighted by atomic mass is 19.1. The van der Waals surface area contributed by atoms with Crippen molar-refractivity contribution in [3.8, 4) is 0 Å². The fourth-order valence-electron chi connectivity index (χ4n) is 0. The molecule has 0 aromatic rings. The molecule has 0 saturated heterocycles. The van der Waals surface area contributed by atoms with Crippen LogP contribution < -0.4 is 0 Å². The fourth-order valence-corrected chi connectivity index (χ4v) is 0. The Hall–Kier alpha value is -0.0700. The van der Waals surface area contributed by atoms with E-state index in [9.17, 15) is 4.39 Å². The number of alkyl halides is 1. The number of hydrogen-bond acceptors (Lipinski definition) is 0. The molecule has 0 rings (SSSR count). The summed E-state index contributed by atoms with van der Waals surface area (Å²) in [5, 5.41) is 0. The molecule has 0 aromatic heterocycles. The molecule has 0 radical (unpaired) electrons. The van der Waals surface area contributed by atoms with Gasteiger partial charge in [0, 0.05) is 0 Å². The van der Waals surface area contributed by atoms with Gasteiger partial charge in [-0.25, -0.2) is 4.39 Å². The van der Waals surface area contributed by atoms with Crippen molar-refractivity contribution in [2.75, 3.05) is 0 Å². The third kappa shape index (κ3) is 7.93. The summed E-state index contributed by atoms with van der Waals surface area (Å²) in [4.78, 5) is 0. The minimum Gasteiger partial charge on any atom is -0.247 e. The molecule has 0 aliphatic heterocycles. The first kappa shape index (κ1) is 11.7. The molecule has 9 heavy (non-hydrogen) atoms. The predicted octanol–water partition coefficient (Wildman–Crippen LogP) is 3.42. The zero-order valence-corrected chi connectivity index (χ0v) is 7.46. The summed E-state index contributed by atoms with van der Waals surface area (Å²) in [6, 6.07) is 0. The molecule has 58 valence electrons. The van der Waals surface area contributed by atoms with Crippen LogP contribution in [0.25, 0.3) is 0 Å². The van der Waals surface area contributed by atoms with Crippen molar-refractivity contribution in [1.82, 2.24) is 0 Å². The van der Waals surface area contributed by atoms with E-state index in [0.717, 1.165) is 0 Å². The fraction of sp³-hybridized carbons (Fsp3) is 1.00. The van der Waals surface area contributed by atoms with Crippen molar-refractivity contribution in [3.05, 3.63) is 0 Å². The molecule has 0 saturated carbocycles. The second-order valence-electron chi connectivity index (χ2n) is 2.98. The first-order chi connectivity index (χ1) is 3.94. The van der Waals surface area contributed by atoms with Crippen molar-refractivity contribution in [1.29, 1.82) is 0 Å². The number of halogens is 1. The largest absolute Gasteiger partial charge is 0.247 e. The Morgan fingerprint density at radius 1 is 1.11 bits per heavy atom. The summed E-state index contributed by atoms with van der Waals surface area (Å²) >= 11 is 0. The van der Waals surface area contributed by atoms with Gasteiger partial charge < -0.3 is 0 Å². The van der Waals surface area contributed by atoms with E-state index in [0.29, 0.717) is 0 Å². The molecule has 0 bridgehead atoms. The van der Waals surface area contributed by atoms with E-state index in [1.165, 1.54) is 0 Å². The SMILES string of the molecule is CC.C[C@H](F)C(C)(C)C. The van der Waals surface area contributed by atoms with Crippen molar-refractivity contribution in [2.45, 2.75) is 47.7 Å². The Bertz CT molecular complexity index is 50.1. The highest BCUT2D eigenvalue weighted by molar-refractivity contribution is 4.67. The van der Waals surface area contributed by atoms with E-state index in [1.54, 1.807) is 6.92 Å². The Morgan fingerprint density at radius 3 is 1.22 bits per heavy atom. The molecule has 0 N–H and O–H groups in total. The van der Waals surface area contributed by atoms with Crippen LogP contribution in [-0.2, 0) is 0 Å². The summed E-state index contributed by atoms with van der Waals surface area (Å²) < 4.78 is 12.2. The average Bonchev–Trinajstić information content (AvgIpc) is 1.69. The molecule has 1 atom stereocenters. The van der Waals surface area contributed by atoms with E-state index >= 15 is 0 Å². The van der Waals surface area contributed by atoms with Gasteiger partial charge in [-0.15, -0.1) is 0 Å². The lowest BCUT2D eigenvalue weighted by atomic mass is 9.92. The third-order valence-corrected chi connectivity index (χ3v) is 1.19. The van der Waals surface area contributed by atoms with Crippen LogP contribution in [0.15, 0.2) is 0 Å². The monoisotopic (exact) mass is 134 g/mol. The number of hydrogen-bond donors (Lipinski definition) is 0. The first-order valence-corrected chi connectivity index (χ1v) is 3.58. The van der Waals surface area contributed by atoms with Gasteiger partial charge in [-0.1, -0.05) is 34.6 Å². The molecule has 0 amide bonds. The van der Waals surface area contributed by atoms with E-state index in [-0.39, 0.29) is 5.41 Å². The maximum atomic E-state index is 12.2. The van der Waals surface area contributed by atoms with Crippen LogP contribution in [0.4, 0.5) is 4.39 Å². The molecular weight excluding hydrogens is 115 g/mol. The lowest BCUT2D eigenvalue weighted by Gasteiger charge is -2.18. The summed E-state index contributed by atoms with van der Waals surface area (Å²) in [5.41, 5.74) is -0.167. The van der Waals surface area contributed by atoms with Gasteiger partial charge in [0.2, 0.25) is 0 Å². The van der Waals surface area contributed by atoms with E-state index < -0.39 is 6.17 Å². The molecule has 0 aliphatic rings. The lowest BCUT2D eigenvalue weighted by molar-refractivity contribution is 0.182. The van der Waals surface area contributed by atoms with Crippen molar-refractivity contribution >= 4 is 0 Å². The summed E-state index contributed by atoms with van der Waals surface area (Å²) in [6.07, 6.45) is -0.701. The van der Waals surface area contributed by atoms with Crippen LogP contribution in [0.2, 0.25) is 0 Å². The van der Waals surface area contributed by atoms with Gasteiger partial charge in [-0.3, -0.25) is 0 Å². The number of rotatable bonds is 0.